The Balaban J connectivity index is 2.93. The number of hydrogen-bond acceptors (Lipinski definition) is 4. The molecule has 1 aromatic rings. The lowest BCUT2D eigenvalue weighted by Crippen LogP contribution is -2.31. The molecule has 2 N–H and O–H groups in total. The van der Waals surface area contributed by atoms with Crippen LogP contribution < -0.4 is 10.0 Å². The lowest BCUT2D eigenvalue weighted by Gasteiger charge is -2.18. The molecule has 1 atom stereocenters. The Bertz CT molecular complexity index is 515. The summed E-state index contributed by atoms with van der Waals surface area (Å²) >= 11 is 0. The number of benzene rings is 1. The fraction of sp³-hybridized carbons (Fsp3) is 0.571. The third-order valence-corrected chi connectivity index (χ3v) is 4.26. The summed E-state index contributed by atoms with van der Waals surface area (Å²) in [5, 5.41) is 3.18. The molecule has 20 heavy (non-hydrogen) atoms. The SMILES string of the molecule is CCOCC(C)Nc1ccccc1S(=O)(=O)NC(C)C. The van der Waals surface area contributed by atoms with Crippen molar-refractivity contribution < 1.29 is 13.2 Å². The van der Waals surface area contributed by atoms with E-state index in [1.807, 2.05) is 19.9 Å². The van der Waals surface area contributed by atoms with E-state index < -0.39 is 10.0 Å². The minimum atomic E-state index is -3.51. The average molecular weight is 300 g/mol. The van der Waals surface area contributed by atoms with Crippen LogP contribution in [0, 0.1) is 0 Å². The Hall–Kier alpha value is -1.11. The van der Waals surface area contributed by atoms with Crippen molar-refractivity contribution in [2.45, 2.75) is 44.7 Å². The Morgan fingerprint density at radius 3 is 2.45 bits per heavy atom. The summed E-state index contributed by atoms with van der Waals surface area (Å²) in [5.74, 6) is 0. The summed E-state index contributed by atoms with van der Waals surface area (Å²) in [5.41, 5.74) is 0.591. The van der Waals surface area contributed by atoms with Crippen LogP contribution in [0.4, 0.5) is 5.69 Å². The first-order valence-corrected chi connectivity index (χ1v) is 8.30. The monoisotopic (exact) mass is 300 g/mol. The first kappa shape index (κ1) is 16.9. The van der Waals surface area contributed by atoms with Crippen molar-refractivity contribution in [3.8, 4) is 0 Å². The molecule has 0 aromatic heterocycles. The van der Waals surface area contributed by atoms with Gasteiger partial charge in [0.05, 0.1) is 12.3 Å². The molecular formula is C14H24N2O3S. The highest BCUT2D eigenvalue weighted by molar-refractivity contribution is 7.89. The summed E-state index contributed by atoms with van der Waals surface area (Å²) in [6, 6.07) is 6.77. The summed E-state index contributed by atoms with van der Waals surface area (Å²) in [7, 11) is -3.51. The molecule has 1 unspecified atom stereocenters. The van der Waals surface area contributed by atoms with Crippen LogP contribution >= 0.6 is 0 Å². The van der Waals surface area contributed by atoms with E-state index in [2.05, 4.69) is 10.0 Å². The standard InChI is InChI=1S/C14H24N2O3S/c1-5-19-10-12(4)15-13-8-6-7-9-14(13)20(17,18)16-11(2)3/h6-9,11-12,15-16H,5,10H2,1-4H3. The summed E-state index contributed by atoms with van der Waals surface area (Å²) in [6.07, 6.45) is 0. The van der Waals surface area contributed by atoms with Crippen molar-refractivity contribution in [2.24, 2.45) is 0 Å². The van der Waals surface area contributed by atoms with E-state index >= 15 is 0 Å². The third kappa shape index (κ3) is 5.11. The van der Waals surface area contributed by atoms with Gasteiger partial charge < -0.3 is 10.1 Å². The van der Waals surface area contributed by atoms with Crippen molar-refractivity contribution in [1.29, 1.82) is 0 Å². The van der Waals surface area contributed by atoms with E-state index in [1.165, 1.54) is 0 Å². The minimum absolute atomic E-state index is 0.0327. The lowest BCUT2D eigenvalue weighted by molar-refractivity contribution is 0.141. The zero-order valence-electron chi connectivity index (χ0n) is 12.5. The van der Waals surface area contributed by atoms with Crippen LogP contribution in [0.2, 0.25) is 0 Å². The van der Waals surface area contributed by atoms with Crippen LogP contribution in [0.5, 0.6) is 0 Å². The third-order valence-electron chi connectivity index (χ3n) is 2.54. The Labute approximate surface area is 121 Å². The average Bonchev–Trinajstić information content (AvgIpc) is 2.35. The van der Waals surface area contributed by atoms with Crippen LogP contribution in [0.1, 0.15) is 27.7 Å². The highest BCUT2D eigenvalue weighted by Crippen LogP contribution is 2.21. The molecule has 0 aliphatic heterocycles. The van der Waals surface area contributed by atoms with Crippen molar-refractivity contribution in [3.63, 3.8) is 0 Å². The summed E-state index contributed by atoms with van der Waals surface area (Å²) in [4.78, 5) is 0.261. The van der Waals surface area contributed by atoms with Gasteiger partial charge >= 0.3 is 0 Å². The number of hydrogen-bond donors (Lipinski definition) is 2. The van der Waals surface area contributed by atoms with Gasteiger partial charge in [-0.1, -0.05) is 12.1 Å². The van der Waals surface area contributed by atoms with Crippen LogP contribution in [0.3, 0.4) is 0 Å². The summed E-state index contributed by atoms with van der Waals surface area (Å²) < 4.78 is 32.5. The van der Waals surface area contributed by atoms with E-state index in [1.54, 1.807) is 32.0 Å². The molecule has 114 valence electrons. The largest absolute Gasteiger partial charge is 0.380 e. The zero-order valence-corrected chi connectivity index (χ0v) is 13.3. The summed E-state index contributed by atoms with van der Waals surface area (Å²) in [6.45, 7) is 8.65. The first-order valence-electron chi connectivity index (χ1n) is 6.82. The number of para-hydroxylation sites is 1. The van der Waals surface area contributed by atoms with Gasteiger partial charge in [0.25, 0.3) is 0 Å². The lowest BCUT2D eigenvalue weighted by atomic mass is 10.3. The molecule has 0 saturated heterocycles. The fourth-order valence-electron chi connectivity index (χ4n) is 1.80. The number of anilines is 1. The highest BCUT2D eigenvalue weighted by atomic mass is 32.2. The predicted molar refractivity (Wildman–Crippen MR) is 81.5 cm³/mol. The second kappa shape index (κ2) is 7.61. The molecule has 6 heteroatoms. The van der Waals surface area contributed by atoms with Gasteiger partial charge in [-0.05, 0) is 39.8 Å². The molecule has 0 saturated carbocycles. The van der Waals surface area contributed by atoms with E-state index in [0.29, 0.717) is 18.9 Å². The molecule has 0 aliphatic rings. The molecule has 0 bridgehead atoms. The Kier molecular flexibility index (Phi) is 6.45. The van der Waals surface area contributed by atoms with Crippen LogP contribution in [0.25, 0.3) is 0 Å². The number of rotatable bonds is 8. The van der Waals surface area contributed by atoms with Crippen molar-refractivity contribution >= 4 is 15.7 Å². The van der Waals surface area contributed by atoms with Gasteiger partial charge in [-0.3, -0.25) is 0 Å². The molecule has 0 fully saturated rings. The van der Waals surface area contributed by atoms with Crippen LogP contribution in [-0.4, -0.2) is 33.7 Å². The number of ether oxygens (including phenoxy) is 1. The molecule has 0 aliphatic carbocycles. The van der Waals surface area contributed by atoms with E-state index in [9.17, 15) is 8.42 Å². The van der Waals surface area contributed by atoms with E-state index in [0.717, 1.165) is 0 Å². The minimum Gasteiger partial charge on any atom is -0.380 e. The van der Waals surface area contributed by atoms with Crippen molar-refractivity contribution in [3.05, 3.63) is 24.3 Å². The van der Waals surface area contributed by atoms with Crippen LogP contribution in [-0.2, 0) is 14.8 Å². The molecule has 0 amide bonds. The molecule has 0 heterocycles. The maximum absolute atomic E-state index is 12.3. The maximum atomic E-state index is 12.3. The van der Waals surface area contributed by atoms with Gasteiger partial charge in [0.1, 0.15) is 4.90 Å². The van der Waals surface area contributed by atoms with Gasteiger partial charge in [0.2, 0.25) is 10.0 Å². The molecular weight excluding hydrogens is 276 g/mol. The van der Waals surface area contributed by atoms with Crippen molar-refractivity contribution in [1.82, 2.24) is 4.72 Å². The van der Waals surface area contributed by atoms with Crippen molar-refractivity contribution in [2.75, 3.05) is 18.5 Å². The normalized spacial score (nSPS) is 13.4. The smallest absolute Gasteiger partial charge is 0.242 e. The van der Waals surface area contributed by atoms with Gasteiger partial charge in [-0.15, -0.1) is 0 Å². The molecule has 0 spiro atoms. The van der Waals surface area contributed by atoms with E-state index in [4.69, 9.17) is 4.74 Å². The first-order chi connectivity index (χ1) is 9.36. The molecule has 0 radical (unpaired) electrons. The highest BCUT2D eigenvalue weighted by Gasteiger charge is 2.19. The molecule has 1 aromatic carbocycles. The number of nitrogens with one attached hydrogen (secondary N) is 2. The Morgan fingerprint density at radius 2 is 1.85 bits per heavy atom. The second-order valence-corrected chi connectivity index (χ2v) is 6.66. The zero-order chi connectivity index (χ0) is 15.2. The number of sulfonamides is 1. The quantitative estimate of drug-likeness (QED) is 0.772. The van der Waals surface area contributed by atoms with Gasteiger partial charge in [0.15, 0.2) is 0 Å². The predicted octanol–water partition coefficient (Wildman–Crippen LogP) is 2.21. The Morgan fingerprint density at radius 1 is 1.20 bits per heavy atom. The molecule has 1 rings (SSSR count). The topological polar surface area (TPSA) is 67.4 Å². The van der Waals surface area contributed by atoms with Gasteiger partial charge in [0, 0.05) is 18.7 Å². The molecule has 5 nitrogen and oxygen atoms in total. The van der Waals surface area contributed by atoms with E-state index in [-0.39, 0.29) is 17.0 Å². The second-order valence-electron chi connectivity index (χ2n) is 4.98. The van der Waals surface area contributed by atoms with Gasteiger partial charge in [-0.25, -0.2) is 13.1 Å². The fourth-order valence-corrected chi connectivity index (χ4v) is 3.22. The van der Waals surface area contributed by atoms with Crippen LogP contribution in [0.15, 0.2) is 29.2 Å². The maximum Gasteiger partial charge on any atom is 0.242 e. The van der Waals surface area contributed by atoms with Gasteiger partial charge in [-0.2, -0.15) is 0 Å².